The fourth-order valence-corrected chi connectivity index (χ4v) is 2.68. The first-order chi connectivity index (χ1) is 10.0. The molecule has 0 aliphatic carbocycles. The molecule has 7 heteroatoms. The molecule has 21 heavy (non-hydrogen) atoms. The van der Waals surface area contributed by atoms with Crippen LogP contribution in [0.15, 0.2) is 47.6 Å². The van der Waals surface area contributed by atoms with Crippen LogP contribution in [0.3, 0.4) is 0 Å². The molecule has 0 aliphatic heterocycles. The molecular weight excluding hydrogens is 295 g/mol. The van der Waals surface area contributed by atoms with Gasteiger partial charge in [0.2, 0.25) is 0 Å². The molecule has 0 radical (unpaired) electrons. The van der Waals surface area contributed by atoms with Crippen LogP contribution in [0.25, 0.3) is 0 Å². The second kappa shape index (κ2) is 6.35. The molecule has 0 spiro atoms. The Morgan fingerprint density at radius 3 is 2.76 bits per heavy atom. The average molecular weight is 306 g/mol. The molecule has 2 rings (SSSR count). The van der Waals surface area contributed by atoms with E-state index >= 15 is 0 Å². The predicted octanol–water partition coefficient (Wildman–Crippen LogP) is 1.37. The number of anilines is 1. The van der Waals surface area contributed by atoms with Gasteiger partial charge in [-0.1, -0.05) is 11.8 Å². The van der Waals surface area contributed by atoms with E-state index in [1.165, 1.54) is 24.5 Å². The van der Waals surface area contributed by atoms with Crippen molar-refractivity contribution in [3.05, 3.63) is 54.1 Å². The molecule has 2 N–H and O–H groups in total. The minimum atomic E-state index is -4.04. The molecule has 0 fully saturated rings. The van der Waals surface area contributed by atoms with Gasteiger partial charge in [-0.25, -0.2) is 12.8 Å². The van der Waals surface area contributed by atoms with Crippen molar-refractivity contribution < 1.29 is 17.9 Å². The van der Waals surface area contributed by atoms with E-state index in [4.69, 9.17) is 5.11 Å². The van der Waals surface area contributed by atoms with Crippen LogP contribution in [0.2, 0.25) is 0 Å². The molecule has 108 valence electrons. The third kappa shape index (κ3) is 3.78. The molecule has 2 aromatic rings. The Balaban J connectivity index is 2.32. The zero-order valence-corrected chi connectivity index (χ0v) is 11.6. The molecule has 1 aromatic heterocycles. The summed E-state index contributed by atoms with van der Waals surface area (Å²) in [5.41, 5.74) is 0.517. The van der Waals surface area contributed by atoms with Gasteiger partial charge in [-0.2, -0.15) is 0 Å². The monoisotopic (exact) mass is 306 g/mol. The topological polar surface area (TPSA) is 79.3 Å². The summed E-state index contributed by atoms with van der Waals surface area (Å²) < 4.78 is 40.3. The minimum Gasteiger partial charge on any atom is -0.384 e. The van der Waals surface area contributed by atoms with E-state index in [1.54, 1.807) is 6.07 Å². The van der Waals surface area contributed by atoms with Gasteiger partial charge in [0.05, 0.1) is 11.9 Å². The first-order valence-corrected chi connectivity index (χ1v) is 7.33. The number of nitrogens with zero attached hydrogens (tertiary/aromatic N) is 1. The fourth-order valence-electron chi connectivity index (χ4n) is 1.57. The molecule has 5 nitrogen and oxygen atoms in total. The zero-order chi connectivity index (χ0) is 15.3. The molecule has 1 aromatic carbocycles. The SMILES string of the molecule is O=S(=O)(Nc1cccnc1)c1ccc(C#CCO)cc1F. The maximum Gasteiger partial charge on any atom is 0.264 e. The van der Waals surface area contributed by atoms with Crippen molar-refractivity contribution in [2.75, 3.05) is 11.3 Å². The van der Waals surface area contributed by atoms with Gasteiger partial charge in [0.1, 0.15) is 17.3 Å². The van der Waals surface area contributed by atoms with Crippen molar-refractivity contribution in [2.45, 2.75) is 4.90 Å². The maximum atomic E-state index is 13.9. The van der Waals surface area contributed by atoms with Crippen LogP contribution in [-0.2, 0) is 10.0 Å². The van der Waals surface area contributed by atoms with Gasteiger partial charge in [-0.3, -0.25) is 9.71 Å². The highest BCUT2D eigenvalue weighted by Crippen LogP contribution is 2.19. The van der Waals surface area contributed by atoms with Gasteiger partial charge in [0.25, 0.3) is 10.0 Å². The highest BCUT2D eigenvalue weighted by Gasteiger charge is 2.19. The van der Waals surface area contributed by atoms with Crippen LogP contribution < -0.4 is 4.72 Å². The van der Waals surface area contributed by atoms with Crippen molar-refractivity contribution in [3.63, 3.8) is 0 Å². The van der Waals surface area contributed by atoms with Gasteiger partial charge in [-0.15, -0.1) is 0 Å². The standard InChI is InChI=1S/C14H11FN2O3S/c15-13-9-11(3-2-8-18)5-6-14(13)21(19,20)17-12-4-1-7-16-10-12/h1,4-7,9-10,17-18H,8H2. The molecule has 0 saturated heterocycles. The number of aromatic nitrogens is 1. The van der Waals surface area contributed by atoms with Gasteiger partial charge in [0.15, 0.2) is 0 Å². The van der Waals surface area contributed by atoms with Crippen molar-refractivity contribution >= 4 is 15.7 Å². The Bertz CT molecular complexity index is 796. The lowest BCUT2D eigenvalue weighted by molar-refractivity contribution is 0.350. The Hall–Kier alpha value is -2.43. The summed E-state index contributed by atoms with van der Waals surface area (Å²) in [5.74, 6) is 3.93. The first kappa shape index (κ1) is 15.0. The lowest BCUT2D eigenvalue weighted by atomic mass is 10.2. The Kier molecular flexibility index (Phi) is 4.52. The lowest BCUT2D eigenvalue weighted by Crippen LogP contribution is -2.14. The van der Waals surface area contributed by atoms with Crippen molar-refractivity contribution in [1.29, 1.82) is 0 Å². The number of aliphatic hydroxyl groups is 1. The van der Waals surface area contributed by atoms with Gasteiger partial charge in [-0.05, 0) is 30.3 Å². The van der Waals surface area contributed by atoms with Crippen LogP contribution in [-0.4, -0.2) is 25.1 Å². The number of benzene rings is 1. The van der Waals surface area contributed by atoms with Crippen LogP contribution >= 0.6 is 0 Å². The summed E-state index contributed by atoms with van der Waals surface area (Å²) >= 11 is 0. The number of nitrogens with one attached hydrogen (secondary N) is 1. The van der Waals surface area contributed by atoms with Gasteiger partial charge >= 0.3 is 0 Å². The summed E-state index contributed by atoms with van der Waals surface area (Å²) in [6, 6.07) is 6.55. The molecular formula is C14H11FN2O3S. The molecule has 0 atom stereocenters. The van der Waals surface area contributed by atoms with E-state index in [0.29, 0.717) is 0 Å². The number of hydrogen-bond donors (Lipinski definition) is 2. The smallest absolute Gasteiger partial charge is 0.264 e. The normalized spacial score (nSPS) is 10.6. The molecule has 1 heterocycles. The summed E-state index contributed by atoms with van der Waals surface area (Å²) in [7, 11) is -4.04. The molecule has 0 bridgehead atoms. The molecule has 0 amide bonds. The van der Waals surface area contributed by atoms with Crippen molar-refractivity contribution in [1.82, 2.24) is 4.98 Å². The number of pyridine rings is 1. The highest BCUT2D eigenvalue weighted by molar-refractivity contribution is 7.92. The van der Waals surface area contributed by atoms with Crippen LogP contribution in [0.5, 0.6) is 0 Å². The van der Waals surface area contributed by atoms with Crippen LogP contribution in [0, 0.1) is 17.7 Å². The summed E-state index contributed by atoms with van der Waals surface area (Å²) in [6.45, 7) is -0.357. The van der Waals surface area contributed by atoms with E-state index in [1.807, 2.05) is 0 Å². The summed E-state index contributed by atoms with van der Waals surface area (Å²) in [5, 5.41) is 8.57. The van der Waals surface area contributed by atoms with E-state index in [2.05, 4.69) is 21.5 Å². The van der Waals surface area contributed by atoms with Crippen LogP contribution in [0.4, 0.5) is 10.1 Å². The van der Waals surface area contributed by atoms with Crippen LogP contribution in [0.1, 0.15) is 5.56 Å². The quantitative estimate of drug-likeness (QED) is 0.839. The fraction of sp³-hybridized carbons (Fsp3) is 0.0714. The number of hydrogen-bond acceptors (Lipinski definition) is 4. The number of aliphatic hydroxyl groups excluding tert-OH is 1. The first-order valence-electron chi connectivity index (χ1n) is 5.85. The highest BCUT2D eigenvalue weighted by atomic mass is 32.2. The molecule has 0 aliphatic rings. The second-order valence-electron chi connectivity index (χ2n) is 3.95. The third-order valence-corrected chi connectivity index (χ3v) is 3.86. The predicted molar refractivity (Wildman–Crippen MR) is 75.4 cm³/mol. The second-order valence-corrected chi connectivity index (χ2v) is 5.60. The largest absolute Gasteiger partial charge is 0.384 e. The Morgan fingerprint density at radius 1 is 1.33 bits per heavy atom. The Labute approximate surface area is 121 Å². The van der Waals surface area contributed by atoms with Crippen molar-refractivity contribution in [2.24, 2.45) is 0 Å². The summed E-state index contributed by atoms with van der Waals surface area (Å²) in [6.07, 6.45) is 2.81. The number of halogens is 1. The maximum absolute atomic E-state index is 13.9. The third-order valence-electron chi connectivity index (χ3n) is 2.45. The minimum absolute atomic E-state index is 0.237. The number of rotatable bonds is 3. The lowest BCUT2D eigenvalue weighted by Gasteiger charge is -2.08. The average Bonchev–Trinajstić information content (AvgIpc) is 2.45. The summed E-state index contributed by atoms with van der Waals surface area (Å²) in [4.78, 5) is 3.28. The van der Waals surface area contributed by atoms with Crippen molar-refractivity contribution in [3.8, 4) is 11.8 Å². The van der Waals surface area contributed by atoms with E-state index in [-0.39, 0.29) is 17.9 Å². The van der Waals surface area contributed by atoms with E-state index < -0.39 is 20.7 Å². The van der Waals surface area contributed by atoms with Gasteiger partial charge in [0, 0.05) is 11.8 Å². The van der Waals surface area contributed by atoms with Gasteiger partial charge < -0.3 is 5.11 Å². The number of sulfonamides is 1. The molecule has 0 unspecified atom stereocenters. The Morgan fingerprint density at radius 2 is 2.14 bits per heavy atom. The van der Waals surface area contributed by atoms with E-state index in [0.717, 1.165) is 12.1 Å². The van der Waals surface area contributed by atoms with E-state index in [9.17, 15) is 12.8 Å². The molecule has 0 saturated carbocycles. The zero-order valence-electron chi connectivity index (χ0n) is 10.7.